The Morgan fingerprint density at radius 3 is 2.08 bits per heavy atom. The zero-order valence-corrected chi connectivity index (χ0v) is 14.0. The van der Waals surface area contributed by atoms with Crippen molar-refractivity contribution in [2.75, 3.05) is 6.26 Å². The van der Waals surface area contributed by atoms with Crippen molar-refractivity contribution in [1.82, 2.24) is 4.98 Å². The molecule has 25 heavy (non-hydrogen) atoms. The zero-order valence-electron chi connectivity index (χ0n) is 13.1. The van der Waals surface area contributed by atoms with Gasteiger partial charge in [0.05, 0.1) is 17.0 Å². The number of hydrogen-bond donors (Lipinski definition) is 0. The predicted molar refractivity (Wildman–Crippen MR) is 91.9 cm³/mol. The van der Waals surface area contributed by atoms with E-state index in [1.807, 2.05) is 12.3 Å². The topological polar surface area (TPSA) is 12.9 Å². The molecule has 0 saturated heterocycles. The minimum atomic E-state index is -4.41. The van der Waals surface area contributed by atoms with E-state index >= 15 is 0 Å². The number of alkyl halides is 3. The summed E-state index contributed by atoms with van der Waals surface area (Å²) in [5.41, 5.74) is 1.39. The van der Waals surface area contributed by atoms with Crippen LogP contribution in [0.15, 0.2) is 65.6 Å². The van der Waals surface area contributed by atoms with Crippen LogP contribution in [0.3, 0.4) is 0 Å². The molecule has 0 unspecified atom stereocenters. The maximum atomic E-state index is 13.1. The van der Waals surface area contributed by atoms with Crippen LogP contribution in [-0.2, 0) is 6.18 Å². The molecule has 0 fully saturated rings. The Balaban J connectivity index is 2.11. The number of aromatic nitrogens is 1. The van der Waals surface area contributed by atoms with Crippen LogP contribution in [0.2, 0.25) is 0 Å². The van der Waals surface area contributed by atoms with Gasteiger partial charge in [0.15, 0.2) is 0 Å². The van der Waals surface area contributed by atoms with E-state index in [-0.39, 0.29) is 5.82 Å². The molecule has 2 aromatic carbocycles. The fourth-order valence-electron chi connectivity index (χ4n) is 2.39. The molecule has 3 rings (SSSR count). The summed E-state index contributed by atoms with van der Waals surface area (Å²) in [5, 5.41) is 0. The van der Waals surface area contributed by atoms with E-state index in [0.29, 0.717) is 22.5 Å². The van der Waals surface area contributed by atoms with E-state index in [0.717, 1.165) is 17.0 Å². The molecule has 1 aromatic heterocycles. The predicted octanol–water partition coefficient (Wildman–Crippen LogP) is 6.30. The molecular weight excluding hydrogens is 350 g/mol. The van der Waals surface area contributed by atoms with Gasteiger partial charge in [0.1, 0.15) is 5.82 Å². The Kier molecular flexibility index (Phi) is 4.81. The van der Waals surface area contributed by atoms with Crippen molar-refractivity contribution in [3.05, 3.63) is 72.0 Å². The number of nitrogens with zero attached hydrogens (tertiary/aromatic N) is 1. The smallest absolute Gasteiger partial charge is 0.248 e. The van der Waals surface area contributed by atoms with Gasteiger partial charge in [-0.2, -0.15) is 13.2 Å². The molecule has 6 heteroatoms. The summed E-state index contributed by atoms with van der Waals surface area (Å²) in [6.07, 6.45) is -2.54. The number of halogens is 4. The van der Waals surface area contributed by atoms with Crippen LogP contribution in [0.1, 0.15) is 5.56 Å². The standard InChI is InChI=1S/C19H13F4NS/c1-25-16-10-17(12-5-7-15(20)8-6-12)24-18(11-16)13-3-2-4-14(9-13)19(21,22)23/h2-11H,1H3. The Morgan fingerprint density at radius 1 is 0.840 bits per heavy atom. The Morgan fingerprint density at radius 2 is 1.48 bits per heavy atom. The van der Waals surface area contributed by atoms with Crippen LogP contribution in [0.4, 0.5) is 17.6 Å². The Labute approximate surface area is 146 Å². The first-order valence-corrected chi connectivity index (χ1v) is 8.59. The van der Waals surface area contributed by atoms with Crippen molar-refractivity contribution in [3.63, 3.8) is 0 Å². The molecule has 0 aliphatic carbocycles. The molecule has 1 nitrogen and oxygen atoms in total. The van der Waals surface area contributed by atoms with Crippen molar-refractivity contribution in [1.29, 1.82) is 0 Å². The second-order valence-electron chi connectivity index (χ2n) is 5.36. The largest absolute Gasteiger partial charge is 0.416 e. The zero-order chi connectivity index (χ0) is 18.0. The van der Waals surface area contributed by atoms with Crippen molar-refractivity contribution >= 4 is 11.8 Å². The fourth-order valence-corrected chi connectivity index (χ4v) is 2.85. The van der Waals surface area contributed by atoms with Gasteiger partial charge < -0.3 is 0 Å². The highest BCUT2D eigenvalue weighted by Gasteiger charge is 2.30. The summed E-state index contributed by atoms with van der Waals surface area (Å²) in [4.78, 5) is 5.33. The van der Waals surface area contributed by atoms with Crippen LogP contribution in [0.5, 0.6) is 0 Å². The van der Waals surface area contributed by atoms with Gasteiger partial charge >= 0.3 is 6.18 Å². The summed E-state index contributed by atoms with van der Waals surface area (Å²) in [7, 11) is 0. The summed E-state index contributed by atoms with van der Waals surface area (Å²) in [6.45, 7) is 0. The number of benzene rings is 2. The summed E-state index contributed by atoms with van der Waals surface area (Å²) in [5.74, 6) is -0.358. The molecule has 0 spiro atoms. The van der Waals surface area contributed by atoms with Gasteiger partial charge in [-0.3, -0.25) is 0 Å². The van der Waals surface area contributed by atoms with Crippen molar-refractivity contribution in [2.24, 2.45) is 0 Å². The molecule has 3 aromatic rings. The van der Waals surface area contributed by atoms with Crippen molar-refractivity contribution < 1.29 is 17.6 Å². The average molecular weight is 363 g/mol. The van der Waals surface area contributed by atoms with Gasteiger partial charge in [-0.15, -0.1) is 11.8 Å². The minimum absolute atomic E-state index is 0.358. The second-order valence-corrected chi connectivity index (χ2v) is 6.24. The second kappa shape index (κ2) is 6.88. The van der Waals surface area contributed by atoms with Gasteiger partial charge in [0.2, 0.25) is 0 Å². The van der Waals surface area contributed by atoms with Crippen LogP contribution in [-0.4, -0.2) is 11.2 Å². The van der Waals surface area contributed by atoms with E-state index in [1.54, 1.807) is 24.3 Å². The molecule has 0 bridgehead atoms. The van der Waals surface area contributed by atoms with Gasteiger partial charge in [-0.1, -0.05) is 12.1 Å². The van der Waals surface area contributed by atoms with E-state index in [4.69, 9.17) is 0 Å². The Hall–Kier alpha value is -2.34. The maximum absolute atomic E-state index is 13.1. The molecule has 128 valence electrons. The SMILES string of the molecule is CSc1cc(-c2ccc(F)cc2)nc(-c2cccc(C(F)(F)F)c2)c1. The molecule has 0 radical (unpaired) electrons. The quantitative estimate of drug-likeness (QED) is 0.400. The first kappa shape index (κ1) is 17.5. The maximum Gasteiger partial charge on any atom is 0.416 e. The molecule has 0 aliphatic heterocycles. The highest BCUT2D eigenvalue weighted by Crippen LogP contribution is 2.33. The van der Waals surface area contributed by atoms with E-state index in [9.17, 15) is 17.6 Å². The van der Waals surface area contributed by atoms with Crippen LogP contribution >= 0.6 is 11.8 Å². The average Bonchev–Trinajstić information content (AvgIpc) is 2.61. The number of rotatable bonds is 3. The van der Waals surface area contributed by atoms with E-state index in [2.05, 4.69) is 4.98 Å². The lowest BCUT2D eigenvalue weighted by Gasteiger charge is -2.11. The first-order valence-electron chi connectivity index (χ1n) is 7.36. The normalized spacial score (nSPS) is 11.6. The molecule has 0 aliphatic rings. The minimum Gasteiger partial charge on any atom is -0.248 e. The van der Waals surface area contributed by atoms with Gasteiger partial charge in [0.25, 0.3) is 0 Å². The monoisotopic (exact) mass is 363 g/mol. The molecule has 1 heterocycles. The van der Waals surface area contributed by atoms with Crippen LogP contribution in [0.25, 0.3) is 22.5 Å². The third kappa shape index (κ3) is 4.02. The lowest BCUT2D eigenvalue weighted by Crippen LogP contribution is -2.04. The van der Waals surface area contributed by atoms with E-state index < -0.39 is 11.7 Å². The molecular formula is C19H13F4NS. The Bertz CT molecular complexity index is 889. The summed E-state index contributed by atoms with van der Waals surface area (Å²) in [6, 6.07) is 14.5. The summed E-state index contributed by atoms with van der Waals surface area (Å²) >= 11 is 1.46. The van der Waals surface area contributed by atoms with Crippen LogP contribution < -0.4 is 0 Å². The number of thioether (sulfide) groups is 1. The summed E-state index contributed by atoms with van der Waals surface area (Å²) < 4.78 is 52.0. The van der Waals surface area contributed by atoms with Crippen LogP contribution in [0, 0.1) is 5.82 Å². The van der Waals surface area contributed by atoms with Crippen molar-refractivity contribution in [3.8, 4) is 22.5 Å². The molecule has 0 saturated carbocycles. The van der Waals surface area contributed by atoms with Crippen molar-refractivity contribution in [2.45, 2.75) is 11.1 Å². The fraction of sp³-hybridized carbons (Fsp3) is 0.105. The highest BCUT2D eigenvalue weighted by molar-refractivity contribution is 7.98. The van der Waals surface area contributed by atoms with Gasteiger partial charge in [-0.05, 0) is 54.8 Å². The van der Waals surface area contributed by atoms with Gasteiger partial charge in [-0.25, -0.2) is 9.37 Å². The number of pyridine rings is 1. The highest BCUT2D eigenvalue weighted by atomic mass is 32.2. The van der Waals surface area contributed by atoms with Gasteiger partial charge in [0, 0.05) is 16.0 Å². The first-order chi connectivity index (χ1) is 11.9. The molecule has 0 atom stereocenters. The molecule has 0 N–H and O–H groups in total. The third-order valence-corrected chi connectivity index (χ3v) is 4.37. The number of hydrogen-bond acceptors (Lipinski definition) is 2. The lowest BCUT2D eigenvalue weighted by atomic mass is 10.1. The van der Waals surface area contributed by atoms with E-state index in [1.165, 1.54) is 30.0 Å². The molecule has 0 amide bonds. The lowest BCUT2D eigenvalue weighted by molar-refractivity contribution is -0.137. The third-order valence-electron chi connectivity index (χ3n) is 3.66.